The standard InChI is InChI=1S/C7H7ClFNO/c8-6-3-5(4-11-10)1-2-7(6)9/h1-3H,4,10H2. The molecule has 1 aromatic carbocycles. The Hall–Kier alpha value is -0.640. The van der Waals surface area contributed by atoms with Crippen LogP contribution in [0.5, 0.6) is 0 Å². The van der Waals surface area contributed by atoms with E-state index in [4.69, 9.17) is 17.5 Å². The first-order valence-corrected chi connectivity index (χ1v) is 3.37. The van der Waals surface area contributed by atoms with Gasteiger partial charge >= 0.3 is 0 Å². The van der Waals surface area contributed by atoms with Gasteiger partial charge in [-0.1, -0.05) is 17.7 Å². The molecule has 0 aliphatic heterocycles. The quantitative estimate of drug-likeness (QED) is 0.697. The van der Waals surface area contributed by atoms with Crippen molar-refractivity contribution in [1.82, 2.24) is 0 Å². The van der Waals surface area contributed by atoms with Crippen molar-refractivity contribution in [2.45, 2.75) is 6.61 Å². The second-order valence-electron chi connectivity index (χ2n) is 2.06. The minimum Gasteiger partial charge on any atom is -0.300 e. The summed E-state index contributed by atoms with van der Waals surface area (Å²) in [7, 11) is 0. The SMILES string of the molecule is NOCc1ccc(F)c(Cl)c1. The van der Waals surface area contributed by atoms with Gasteiger partial charge in [-0.25, -0.2) is 10.3 Å². The summed E-state index contributed by atoms with van der Waals surface area (Å²) in [4.78, 5) is 4.34. The molecule has 0 aromatic heterocycles. The molecule has 0 aliphatic rings. The Balaban J connectivity index is 2.86. The van der Waals surface area contributed by atoms with Crippen molar-refractivity contribution in [2.75, 3.05) is 0 Å². The molecular formula is C7H7ClFNO. The largest absolute Gasteiger partial charge is 0.300 e. The molecule has 0 fully saturated rings. The van der Waals surface area contributed by atoms with Crippen LogP contribution in [0.3, 0.4) is 0 Å². The molecule has 0 bridgehead atoms. The Bertz CT molecular complexity index is 254. The lowest BCUT2D eigenvalue weighted by atomic mass is 10.2. The van der Waals surface area contributed by atoms with Crippen molar-refractivity contribution in [1.29, 1.82) is 0 Å². The van der Waals surface area contributed by atoms with Gasteiger partial charge in [-0.05, 0) is 17.7 Å². The van der Waals surface area contributed by atoms with E-state index in [1.807, 2.05) is 0 Å². The first-order chi connectivity index (χ1) is 5.24. The normalized spacial score (nSPS) is 10.1. The second kappa shape index (κ2) is 3.67. The number of rotatable bonds is 2. The first-order valence-electron chi connectivity index (χ1n) is 2.99. The molecule has 60 valence electrons. The summed E-state index contributed by atoms with van der Waals surface area (Å²) in [6, 6.07) is 4.31. The summed E-state index contributed by atoms with van der Waals surface area (Å²) in [5.74, 6) is 4.37. The van der Waals surface area contributed by atoms with Crippen molar-refractivity contribution in [3.63, 3.8) is 0 Å². The summed E-state index contributed by atoms with van der Waals surface area (Å²) in [6.07, 6.45) is 0. The highest BCUT2D eigenvalue weighted by Gasteiger charge is 1.99. The van der Waals surface area contributed by atoms with Gasteiger partial charge in [0.25, 0.3) is 0 Å². The Kier molecular flexibility index (Phi) is 2.82. The smallest absolute Gasteiger partial charge is 0.141 e. The number of halogens is 2. The van der Waals surface area contributed by atoms with E-state index in [-0.39, 0.29) is 11.6 Å². The van der Waals surface area contributed by atoms with Crippen molar-refractivity contribution >= 4 is 11.6 Å². The van der Waals surface area contributed by atoms with Crippen LogP contribution in [0.15, 0.2) is 18.2 Å². The zero-order chi connectivity index (χ0) is 8.27. The average molecular weight is 176 g/mol. The lowest BCUT2D eigenvalue weighted by Crippen LogP contribution is -1.98. The third-order valence-corrected chi connectivity index (χ3v) is 1.52. The van der Waals surface area contributed by atoms with E-state index >= 15 is 0 Å². The summed E-state index contributed by atoms with van der Waals surface area (Å²) >= 11 is 5.48. The maximum Gasteiger partial charge on any atom is 0.141 e. The fourth-order valence-corrected chi connectivity index (χ4v) is 0.929. The Labute approximate surface area is 68.7 Å². The molecule has 0 atom stereocenters. The molecule has 1 aromatic rings. The molecule has 0 aliphatic carbocycles. The fourth-order valence-electron chi connectivity index (χ4n) is 0.726. The molecule has 0 radical (unpaired) electrons. The minimum absolute atomic E-state index is 0.0829. The van der Waals surface area contributed by atoms with Crippen molar-refractivity contribution in [3.8, 4) is 0 Å². The van der Waals surface area contributed by atoms with Crippen LogP contribution in [-0.2, 0) is 11.4 Å². The summed E-state index contributed by atoms with van der Waals surface area (Å²) in [5.41, 5.74) is 0.749. The maximum absolute atomic E-state index is 12.5. The molecule has 4 heteroatoms. The molecule has 2 N–H and O–H groups in total. The number of benzene rings is 1. The fraction of sp³-hybridized carbons (Fsp3) is 0.143. The molecule has 0 saturated heterocycles. The predicted molar refractivity (Wildman–Crippen MR) is 40.4 cm³/mol. The van der Waals surface area contributed by atoms with Crippen molar-refractivity contribution in [3.05, 3.63) is 34.6 Å². The molecule has 2 nitrogen and oxygen atoms in total. The van der Waals surface area contributed by atoms with E-state index < -0.39 is 5.82 Å². The van der Waals surface area contributed by atoms with Gasteiger partial charge in [0.2, 0.25) is 0 Å². The molecule has 1 rings (SSSR count). The molecule has 0 unspecified atom stereocenters. The van der Waals surface area contributed by atoms with E-state index in [0.29, 0.717) is 0 Å². The topological polar surface area (TPSA) is 35.2 Å². The first kappa shape index (κ1) is 8.46. The lowest BCUT2D eigenvalue weighted by Gasteiger charge is -1.99. The monoisotopic (exact) mass is 175 g/mol. The molecule has 0 saturated carbocycles. The Morgan fingerprint density at radius 2 is 2.27 bits per heavy atom. The third-order valence-electron chi connectivity index (χ3n) is 1.23. The summed E-state index contributed by atoms with van der Waals surface area (Å²) in [6.45, 7) is 0.236. The van der Waals surface area contributed by atoms with Crippen LogP contribution in [-0.4, -0.2) is 0 Å². The van der Waals surface area contributed by atoms with Crippen LogP contribution < -0.4 is 5.90 Å². The second-order valence-corrected chi connectivity index (χ2v) is 2.47. The van der Waals surface area contributed by atoms with Crippen LogP contribution in [0.2, 0.25) is 5.02 Å². The molecule has 0 heterocycles. The van der Waals surface area contributed by atoms with Crippen LogP contribution in [0.4, 0.5) is 4.39 Å². The van der Waals surface area contributed by atoms with Gasteiger partial charge in [-0.15, -0.1) is 0 Å². The van der Waals surface area contributed by atoms with Gasteiger partial charge < -0.3 is 0 Å². The van der Waals surface area contributed by atoms with Crippen LogP contribution >= 0.6 is 11.6 Å². The predicted octanol–water partition coefficient (Wildman–Crippen LogP) is 1.87. The van der Waals surface area contributed by atoms with Crippen LogP contribution in [0.25, 0.3) is 0 Å². The number of hydrogen-bond donors (Lipinski definition) is 1. The highest BCUT2D eigenvalue weighted by Crippen LogP contribution is 2.15. The summed E-state index contributed by atoms with van der Waals surface area (Å²) in [5, 5.41) is 0.0829. The zero-order valence-corrected chi connectivity index (χ0v) is 6.44. The molecule has 0 amide bonds. The average Bonchev–Trinajstić information content (AvgIpc) is 1.98. The van der Waals surface area contributed by atoms with Gasteiger partial charge in [-0.3, -0.25) is 4.84 Å². The van der Waals surface area contributed by atoms with Gasteiger partial charge in [0.1, 0.15) is 5.82 Å². The van der Waals surface area contributed by atoms with E-state index in [1.54, 1.807) is 6.07 Å². The molecule has 11 heavy (non-hydrogen) atoms. The van der Waals surface area contributed by atoms with Crippen LogP contribution in [0.1, 0.15) is 5.56 Å². The Morgan fingerprint density at radius 1 is 1.55 bits per heavy atom. The van der Waals surface area contributed by atoms with E-state index in [1.165, 1.54) is 12.1 Å². The minimum atomic E-state index is -0.438. The van der Waals surface area contributed by atoms with E-state index in [9.17, 15) is 4.39 Å². The van der Waals surface area contributed by atoms with Crippen molar-refractivity contribution in [2.24, 2.45) is 5.90 Å². The third kappa shape index (κ3) is 2.15. The molecule has 0 spiro atoms. The Morgan fingerprint density at radius 3 is 2.82 bits per heavy atom. The number of hydrogen-bond acceptors (Lipinski definition) is 2. The highest BCUT2D eigenvalue weighted by atomic mass is 35.5. The van der Waals surface area contributed by atoms with Gasteiger partial charge in [0.15, 0.2) is 0 Å². The zero-order valence-electron chi connectivity index (χ0n) is 5.68. The molecular weight excluding hydrogens is 169 g/mol. The van der Waals surface area contributed by atoms with E-state index in [0.717, 1.165) is 5.56 Å². The van der Waals surface area contributed by atoms with E-state index in [2.05, 4.69) is 4.84 Å². The number of nitrogens with two attached hydrogens (primary N) is 1. The highest BCUT2D eigenvalue weighted by molar-refractivity contribution is 6.30. The van der Waals surface area contributed by atoms with Gasteiger partial charge in [0, 0.05) is 0 Å². The van der Waals surface area contributed by atoms with Gasteiger partial charge in [-0.2, -0.15) is 0 Å². The maximum atomic E-state index is 12.5. The summed E-state index contributed by atoms with van der Waals surface area (Å²) < 4.78 is 12.5. The van der Waals surface area contributed by atoms with Crippen LogP contribution in [0, 0.1) is 5.82 Å². The lowest BCUT2D eigenvalue weighted by molar-refractivity contribution is 0.124. The van der Waals surface area contributed by atoms with Crippen molar-refractivity contribution < 1.29 is 9.23 Å². The van der Waals surface area contributed by atoms with Gasteiger partial charge in [0.05, 0.1) is 11.6 Å².